The van der Waals surface area contributed by atoms with Gasteiger partial charge in [-0.15, -0.1) is 0 Å². The van der Waals surface area contributed by atoms with Gasteiger partial charge in [-0.25, -0.2) is 0 Å². The van der Waals surface area contributed by atoms with E-state index in [1.807, 2.05) is 4.90 Å². The van der Waals surface area contributed by atoms with Crippen molar-refractivity contribution in [3.05, 3.63) is 0 Å². The lowest BCUT2D eigenvalue weighted by Gasteiger charge is -2.31. The van der Waals surface area contributed by atoms with Crippen LogP contribution in [-0.4, -0.2) is 46.3 Å². The summed E-state index contributed by atoms with van der Waals surface area (Å²) >= 11 is 0. The van der Waals surface area contributed by atoms with Gasteiger partial charge in [-0.3, -0.25) is 9.69 Å². The second kappa shape index (κ2) is 5.32. The Morgan fingerprint density at radius 1 is 1.50 bits per heavy atom. The van der Waals surface area contributed by atoms with Gasteiger partial charge < -0.3 is 10.2 Å². The van der Waals surface area contributed by atoms with Gasteiger partial charge in [-0.2, -0.15) is 0 Å². The topological polar surface area (TPSA) is 60.8 Å². The fourth-order valence-electron chi connectivity index (χ4n) is 2.19. The van der Waals surface area contributed by atoms with Crippen LogP contribution < -0.4 is 0 Å². The van der Waals surface area contributed by atoms with Crippen LogP contribution in [0.4, 0.5) is 0 Å². The Morgan fingerprint density at radius 2 is 2.07 bits per heavy atom. The molecule has 0 heterocycles. The molecule has 0 aromatic carbocycles. The van der Waals surface area contributed by atoms with Crippen LogP contribution in [0.5, 0.6) is 0 Å². The summed E-state index contributed by atoms with van der Waals surface area (Å²) in [5.74, 6) is -0.801. The number of aliphatic hydroxyl groups is 1. The zero-order chi connectivity index (χ0) is 10.6. The third kappa shape index (κ3) is 2.69. The first-order valence-corrected chi connectivity index (χ1v) is 5.26. The van der Waals surface area contributed by atoms with E-state index in [1.165, 1.54) is 12.8 Å². The number of nitrogens with zero attached hydrogens (tertiary/aromatic N) is 1. The highest BCUT2D eigenvalue weighted by Gasteiger charge is 2.29. The van der Waals surface area contributed by atoms with E-state index in [9.17, 15) is 4.79 Å². The minimum atomic E-state index is -0.801. The second-order valence-corrected chi connectivity index (χ2v) is 3.91. The minimum absolute atomic E-state index is 0.0358. The molecule has 0 radical (unpaired) electrons. The maximum Gasteiger partial charge on any atom is 0.320 e. The zero-order valence-electron chi connectivity index (χ0n) is 8.65. The lowest BCUT2D eigenvalue weighted by atomic mass is 10.1. The molecule has 0 aromatic rings. The molecule has 0 saturated heterocycles. The number of aliphatic hydroxyl groups excluding tert-OH is 1. The number of carbonyl (C=O) groups is 1. The number of carboxylic acids is 1. The molecule has 14 heavy (non-hydrogen) atoms. The average molecular weight is 201 g/mol. The molecule has 1 atom stereocenters. The summed E-state index contributed by atoms with van der Waals surface area (Å²) in [5.41, 5.74) is 0. The van der Waals surface area contributed by atoms with Crippen molar-refractivity contribution in [1.29, 1.82) is 0 Å². The molecule has 0 amide bonds. The molecule has 0 aromatic heterocycles. The minimum Gasteiger partial charge on any atom is -0.480 e. The van der Waals surface area contributed by atoms with E-state index in [0.29, 0.717) is 12.6 Å². The molecule has 1 rings (SSSR count). The van der Waals surface area contributed by atoms with Crippen LogP contribution in [0.15, 0.2) is 0 Å². The van der Waals surface area contributed by atoms with E-state index in [1.54, 1.807) is 6.92 Å². The third-order valence-corrected chi connectivity index (χ3v) is 3.01. The first-order valence-electron chi connectivity index (χ1n) is 5.26. The van der Waals surface area contributed by atoms with Crippen LogP contribution in [0, 0.1) is 0 Å². The van der Waals surface area contributed by atoms with Crippen molar-refractivity contribution in [3.8, 4) is 0 Å². The highest BCUT2D eigenvalue weighted by atomic mass is 16.4. The van der Waals surface area contributed by atoms with Crippen LogP contribution in [0.2, 0.25) is 0 Å². The maximum atomic E-state index is 10.8. The molecule has 0 bridgehead atoms. The van der Waals surface area contributed by atoms with Gasteiger partial charge >= 0.3 is 5.97 Å². The van der Waals surface area contributed by atoms with Crippen molar-refractivity contribution in [2.45, 2.75) is 44.7 Å². The zero-order valence-corrected chi connectivity index (χ0v) is 8.65. The Kier molecular flexibility index (Phi) is 4.35. The first-order chi connectivity index (χ1) is 6.66. The highest BCUT2D eigenvalue weighted by Crippen LogP contribution is 2.24. The maximum absolute atomic E-state index is 10.8. The number of rotatable bonds is 5. The molecule has 0 spiro atoms. The monoisotopic (exact) mass is 201 g/mol. The summed E-state index contributed by atoms with van der Waals surface area (Å²) in [6, 6.07) is -0.126. The van der Waals surface area contributed by atoms with E-state index in [-0.39, 0.29) is 6.61 Å². The van der Waals surface area contributed by atoms with E-state index < -0.39 is 12.0 Å². The Balaban J connectivity index is 2.56. The largest absolute Gasteiger partial charge is 0.480 e. The third-order valence-electron chi connectivity index (χ3n) is 3.01. The van der Waals surface area contributed by atoms with Crippen LogP contribution in [0.1, 0.15) is 32.6 Å². The van der Waals surface area contributed by atoms with Crippen molar-refractivity contribution in [2.24, 2.45) is 0 Å². The van der Waals surface area contributed by atoms with Crippen molar-refractivity contribution >= 4 is 5.97 Å². The fourth-order valence-corrected chi connectivity index (χ4v) is 2.19. The smallest absolute Gasteiger partial charge is 0.320 e. The number of hydrogen-bond donors (Lipinski definition) is 2. The van der Waals surface area contributed by atoms with Gasteiger partial charge in [0.1, 0.15) is 6.04 Å². The lowest BCUT2D eigenvalue weighted by Crippen LogP contribution is -2.46. The molecule has 2 N–H and O–H groups in total. The van der Waals surface area contributed by atoms with E-state index in [2.05, 4.69) is 0 Å². The SMILES string of the molecule is CC(C(=O)O)N(CCO)C1CCCC1. The van der Waals surface area contributed by atoms with Crippen LogP contribution >= 0.6 is 0 Å². The molecule has 1 unspecified atom stereocenters. The predicted octanol–water partition coefficient (Wildman–Crippen LogP) is 0.696. The van der Waals surface area contributed by atoms with Gasteiger partial charge in [-0.05, 0) is 19.8 Å². The Hall–Kier alpha value is -0.610. The van der Waals surface area contributed by atoms with Gasteiger partial charge in [0.05, 0.1) is 6.61 Å². The Morgan fingerprint density at radius 3 is 2.50 bits per heavy atom. The molecule has 0 aliphatic heterocycles. The van der Waals surface area contributed by atoms with E-state index in [0.717, 1.165) is 12.8 Å². The standard InChI is InChI=1S/C10H19NO3/c1-8(10(13)14)11(6-7-12)9-4-2-3-5-9/h8-9,12H,2-7H2,1H3,(H,13,14). The van der Waals surface area contributed by atoms with Gasteiger partial charge in [0.15, 0.2) is 0 Å². The Labute approximate surface area is 84.5 Å². The lowest BCUT2D eigenvalue weighted by molar-refractivity contribution is -0.143. The summed E-state index contributed by atoms with van der Waals surface area (Å²) in [6.07, 6.45) is 4.49. The van der Waals surface area contributed by atoms with Gasteiger partial charge in [0.2, 0.25) is 0 Å². The predicted molar refractivity (Wildman–Crippen MR) is 53.1 cm³/mol. The van der Waals surface area contributed by atoms with Crippen molar-refractivity contribution in [2.75, 3.05) is 13.2 Å². The Bertz CT molecular complexity index is 190. The molecular formula is C10H19NO3. The highest BCUT2D eigenvalue weighted by molar-refractivity contribution is 5.72. The van der Waals surface area contributed by atoms with Crippen molar-refractivity contribution < 1.29 is 15.0 Å². The van der Waals surface area contributed by atoms with Crippen LogP contribution in [0.3, 0.4) is 0 Å². The van der Waals surface area contributed by atoms with Crippen LogP contribution in [-0.2, 0) is 4.79 Å². The van der Waals surface area contributed by atoms with Crippen molar-refractivity contribution in [1.82, 2.24) is 4.90 Å². The molecular weight excluding hydrogens is 182 g/mol. The number of carboxylic acid groups (broad SMARTS) is 1. The van der Waals surface area contributed by atoms with E-state index >= 15 is 0 Å². The normalized spacial score (nSPS) is 20.2. The summed E-state index contributed by atoms with van der Waals surface area (Å²) in [6.45, 7) is 2.20. The summed E-state index contributed by atoms with van der Waals surface area (Å²) in [4.78, 5) is 12.8. The molecule has 1 aliphatic rings. The second-order valence-electron chi connectivity index (χ2n) is 3.91. The number of hydrogen-bond acceptors (Lipinski definition) is 3. The first kappa shape index (κ1) is 11.5. The number of aliphatic carboxylic acids is 1. The van der Waals surface area contributed by atoms with E-state index in [4.69, 9.17) is 10.2 Å². The van der Waals surface area contributed by atoms with Gasteiger partial charge in [0, 0.05) is 12.6 Å². The van der Waals surface area contributed by atoms with Crippen LogP contribution in [0.25, 0.3) is 0 Å². The van der Waals surface area contributed by atoms with Gasteiger partial charge in [0.25, 0.3) is 0 Å². The molecule has 1 fully saturated rings. The fraction of sp³-hybridized carbons (Fsp3) is 0.900. The summed E-state index contributed by atoms with van der Waals surface area (Å²) < 4.78 is 0. The molecule has 82 valence electrons. The molecule has 4 heteroatoms. The average Bonchev–Trinajstić information content (AvgIpc) is 2.65. The van der Waals surface area contributed by atoms with Crippen molar-refractivity contribution in [3.63, 3.8) is 0 Å². The summed E-state index contributed by atoms with van der Waals surface area (Å²) in [7, 11) is 0. The quantitative estimate of drug-likeness (QED) is 0.687. The molecule has 1 aliphatic carbocycles. The summed E-state index contributed by atoms with van der Waals surface area (Å²) in [5, 5.41) is 17.8. The van der Waals surface area contributed by atoms with Gasteiger partial charge in [-0.1, -0.05) is 12.8 Å². The molecule has 4 nitrogen and oxygen atoms in total. The molecule has 1 saturated carbocycles.